The third-order valence-electron chi connectivity index (χ3n) is 9.01. The van der Waals surface area contributed by atoms with E-state index in [1.807, 2.05) is 70.2 Å². The summed E-state index contributed by atoms with van der Waals surface area (Å²) in [4.78, 5) is 46.4. The molecule has 220 valence electrons. The summed E-state index contributed by atoms with van der Waals surface area (Å²) in [5, 5.41) is 3.73. The summed E-state index contributed by atoms with van der Waals surface area (Å²) < 4.78 is 0. The Kier molecular flexibility index (Phi) is 9.50. The summed E-state index contributed by atoms with van der Waals surface area (Å²) in [5.41, 5.74) is 2.94. The Hall–Kier alpha value is -3.10. The van der Waals surface area contributed by atoms with E-state index in [4.69, 9.17) is 11.6 Å². The minimum Gasteiger partial charge on any atom is -0.343 e. The van der Waals surface area contributed by atoms with E-state index >= 15 is 0 Å². The number of hydrogen-bond acceptors (Lipinski definition) is 4. The van der Waals surface area contributed by atoms with Crippen LogP contribution in [0.4, 0.5) is 10.5 Å². The molecule has 9 heteroatoms. The largest absolute Gasteiger partial charge is 0.343 e. The average molecular weight is 580 g/mol. The van der Waals surface area contributed by atoms with Gasteiger partial charge in [-0.2, -0.15) is 0 Å². The summed E-state index contributed by atoms with van der Waals surface area (Å²) in [6.07, 6.45) is 2.25. The maximum Gasteiger partial charge on any atom is 0.317 e. The molecule has 3 saturated heterocycles. The molecule has 0 bridgehead atoms. The van der Waals surface area contributed by atoms with Crippen LogP contribution in [0.2, 0.25) is 5.02 Å². The third-order valence-corrected chi connectivity index (χ3v) is 9.42. The van der Waals surface area contributed by atoms with E-state index in [0.717, 1.165) is 56.0 Å². The van der Waals surface area contributed by atoms with Crippen LogP contribution in [0.1, 0.15) is 37.3 Å². The number of carbonyl (C=O) groups is 3. The van der Waals surface area contributed by atoms with E-state index < -0.39 is 0 Å². The lowest BCUT2D eigenvalue weighted by Crippen LogP contribution is -2.44. The molecule has 2 atom stereocenters. The fourth-order valence-corrected chi connectivity index (χ4v) is 6.73. The lowest BCUT2D eigenvalue weighted by molar-refractivity contribution is -0.133. The van der Waals surface area contributed by atoms with Gasteiger partial charge in [0.1, 0.15) is 0 Å². The number of hydrogen-bond donors (Lipinski definition) is 1. The van der Waals surface area contributed by atoms with Crippen LogP contribution in [-0.4, -0.2) is 84.9 Å². The van der Waals surface area contributed by atoms with Crippen LogP contribution in [0.3, 0.4) is 0 Å². The Morgan fingerprint density at radius 3 is 2.27 bits per heavy atom. The van der Waals surface area contributed by atoms with Gasteiger partial charge in [0.25, 0.3) is 0 Å². The van der Waals surface area contributed by atoms with Crippen molar-refractivity contribution in [3.8, 4) is 0 Å². The first kappa shape index (κ1) is 29.4. The standard InChI is InChI=1S/C32H42ClN5O3/c1-23-9-10-29(17-30(23)33)38(31(40)26-11-15-36(16-12-26)24(2)39)14-6-13-35-19-27-21-37(22-28(27)20-35)32(41)34-18-25-7-4-3-5-8-25/h3-5,7-10,17,26-28H,6,11-16,18-22H2,1-2H3,(H,34,41). The Morgan fingerprint density at radius 2 is 1.63 bits per heavy atom. The summed E-state index contributed by atoms with van der Waals surface area (Å²) in [5.74, 6) is 1.11. The molecule has 0 saturated carbocycles. The average Bonchev–Trinajstić information content (AvgIpc) is 3.55. The molecule has 2 aromatic carbocycles. The molecule has 3 heterocycles. The van der Waals surface area contributed by atoms with Gasteiger partial charge in [0.05, 0.1) is 0 Å². The molecule has 2 unspecified atom stereocenters. The molecule has 2 aromatic rings. The lowest BCUT2D eigenvalue weighted by Gasteiger charge is -2.34. The van der Waals surface area contributed by atoms with Crippen LogP contribution in [0.15, 0.2) is 48.5 Å². The monoisotopic (exact) mass is 579 g/mol. The second-order valence-corrected chi connectivity index (χ2v) is 12.3. The van der Waals surface area contributed by atoms with Crippen molar-refractivity contribution >= 4 is 35.1 Å². The Morgan fingerprint density at radius 1 is 0.951 bits per heavy atom. The van der Waals surface area contributed by atoms with Gasteiger partial charge in [0.2, 0.25) is 11.8 Å². The molecule has 5 rings (SSSR count). The van der Waals surface area contributed by atoms with Crippen molar-refractivity contribution in [2.24, 2.45) is 17.8 Å². The minimum atomic E-state index is -0.0872. The van der Waals surface area contributed by atoms with Crippen molar-refractivity contribution < 1.29 is 14.4 Å². The van der Waals surface area contributed by atoms with Crippen molar-refractivity contribution in [1.82, 2.24) is 20.0 Å². The number of piperidine rings is 1. The number of anilines is 1. The molecule has 1 N–H and O–H groups in total. The molecular weight excluding hydrogens is 538 g/mol. The topological polar surface area (TPSA) is 76.2 Å². The maximum absolute atomic E-state index is 13.7. The van der Waals surface area contributed by atoms with Gasteiger partial charge in [-0.25, -0.2) is 4.79 Å². The number of rotatable bonds is 8. The van der Waals surface area contributed by atoms with Crippen molar-refractivity contribution in [2.45, 2.75) is 39.7 Å². The number of urea groups is 1. The van der Waals surface area contributed by atoms with Crippen LogP contribution in [-0.2, 0) is 16.1 Å². The summed E-state index contributed by atoms with van der Waals surface area (Å²) in [6.45, 7) is 10.5. The molecule has 0 aliphatic carbocycles. The number of likely N-dealkylation sites (tertiary alicyclic amines) is 3. The van der Waals surface area contributed by atoms with E-state index in [1.165, 1.54) is 0 Å². The van der Waals surface area contributed by atoms with Gasteiger partial charge in [0.15, 0.2) is 0 Å². The molecule has 4 amide bonds. The number of fused-ring (bicyclic) bond motifs is 1. The Bertz CT molecular complexity index is 1220. The van der Waals surface area contributed by atoms with Crippen molar-refractivity contribution in [1.29, 1.82) is 0 Å². The summed E-state index contributed by atoms with van der Waals surface area (Å²) >= 11 is 6.46. The van der Waals surface area contributed by atoms with Crippen LogP contribution in [0.25, 0.3) is 0 Å². The summed E-state index contributed by atoms with van der Waals surface area (Å²) in [6, 6.07) is 15.9. The molecule has 3 aliphatic rings. The zero-order chi connectivity index (χ0) is 28.9. The van der Waals surface area contributed by atoms with Gasteiger partial charge >= 0.3 is 6.03 Å². The molecule has 41 heavy (non-hydrogen) atoms. The molecule has 3 fully saturated rings. The first-order valence-electron chi connectivity index (χ1n) is 14.9. The maximum atomic E-state index is 13.7. The molecule has 0 spiro atoms. The highest BCUT2D eigenvalue weighted by Gasteiger charge is 2.41. The number of halogens is 1. The molecule has 0 aromatic heterocycles. The highest BCUT2D eigenvalue weighted by molar-refractivity contribution is 6.31. The SMILES string of the molecule is CC(=O)N1CCC(C(=O)N(CCCN2CC3CN(C(=O)NCc4ccccc4)CC3C2)c2ccc(C)c(Cl)c2)CC1. The van der Waals surface area contributed by atoms with E-state index in [0.29, 0.717) is 55.9 Å². The zero-order valence-electron chi connectivity index (χ0n) is 24.2. The van der Waals surface area contributed by atoms with Crippen molar-refractivity contribution in [3.63, 3.8) is 0 Å². The van der Waals surface area contributed by atoms with Gasteiger partial charge in [-0.3, -0.25) is 9.59 Å². The molecular formula is C32H42ClN5O3. The number of benzene rings is 2. The number of nitrogens with zero attached hydrogens (tertiary/aromatic N) is 4. The van der Waals surface area contributed by atoms with E-state index in [2.05, 4.69) is 10.2 Å². The van der Waals surface area contributed by atoms with Crippen LogP contribution in [0.5, 0.6) is 0 Å². The third kappa shape index (κ3) is 7.22. The van der Waals surface area contributed by atoms with Gasteiger partial charge < -0.3 is 24.9 Å². The van der Waals surface area contributed by atoms with Crippen molar-refractivity contribution in [3.05, 3.63) is 64.7 Å². The van der Waals surface area contributed by atoms with E-state index in [-0.39, 0.29) is 23.8 Å². The number of carbonyl (C=O) groups excluding carboxylic acids is 3. The highest BCUT2D eigenvalue weighted by Crippen LogP contribution is 2.32. The summed E-state index contributed by atoms with van der Waals surface area (Å²) in [7, 11) is 0. The lowest BCUT2D eigenvalue weighted by atomic mass is 9.94. The number of amides is 4. The van der Waals surface area contributed by atoms with Gasteiger partial charge in [-0.1, -0.05) is 48.0 Å². The second-order valence-electron chi connectivity index (χ2n) is 11.9. The first-order valence-corrected chi connectivity index (χ1v) is 15.3. The Labute approximate surface area is 248 Å². The zero-order valence-corrected chi connectivity index (χ0v) is 25.0. The second kappa shape index (κ2) is 13.3. The van der Waals surface area contributed by atoms with Gasteiger partial charge in [-0.05, 0) is 67.8 Å². The minimum absolute atomic E-state index is 0.0230. The highest BCUT2D eigenvalue weighted by atomic mass is 35.5. The smallest absolute Gasteiger partial charge is 0.317 e. The fourth-order valence-electron chi connectivity index (χ4n) is 6.55. The molecule has 0 radical (unpaired) electrons. The fraction of sp³-hybridized carbons (Fsp3) is 0.531. The van der Waals surface area contributed by atoms with Crippen LogP contribution < -0.4 is 10.2 Å². The number of nitrogens with one attached hydrogen (secondary N) is 1. The predicted molar refractivity (Wildman–Crippen MR) is 162 cm³/mol. The van der Waals surface area contributed by atoms with Crippen LogP contribution in [0, 0.1) is 24.7 Å². The molecule has 3 aliphatic heterocycles. The van der Waals surface area contributed by atoms with E-state index in [9.17, 15) is 14.4 Å². The van der Waals surface area contributed by atoms with Gasteiger partial charge in [0, 0.05) is 75.9 Å². The predicted octanol–water partition coefficient (Wildman–Crippen LogP) is 4.40. The quantitative estimate of drug-likeness (QED) is 0.503. The Balaban J connectivity index is 1.12. The normalized spacial score (nSPS) is 21.1. The van der Waals surface area contributed by atoms with E-state index in [1.54, 1.807) is 6.92 Å². The molecule has 8 nitrogen and oxygen atoms in total. The first-order chi connectivity index (χ1) is 19.8. The van der Waals surface area contributed by atoms with Gasteiger partial charge in [-0.15, -0.1) is 0 Å². The number of aryl methyl sites for hydroxylation is 1. The van der Waals surface area contributed by atoms with Crippen LogP contribution >= 0.6 is 11.6 Å². The van der Waals surface area contributed by atoms with Crippen molar-refractivity contribution in [2.75, 3.05) is 57.3 Å².